The minimum atomic E-state index is -0.382. The summed E-state index contributed by atoms with van der Waals surface area (Å²) in [5.74, 6) is 2.58. The fourth-order valence-corrected chi connectivity index (χ4v) is 3.80. The molecule has 2 amide bonds. The van der Waals surface area contributed by atoms with Gasteiger partial charge >= 0.3 is 0 Å². The molecular weight excluding hydrogens is 426 g/mol. The van der Waals surface area contributed by atoms with E-state index in [1.165, 1.54) is 0 Å². The smallest absolute Gasteiger partial charge is 0.294 e. The van der Waals surface area contributed by atoms with E-state index in [2.05, 4.69) is 27.9 Å². The molecule has 1 saturated heterocycles. The summed E-state index contributed by atoms with van der Waals surface area (Å²) in [7, 11) is 0. The van der Waals surface area contributed by atoms with Crippen molar-refractivity contribution in [2.45, 2.75) is 13.5 Å². The Hall–Kier alpha value is -2.49. The summed E-state index contributed by atoms with van der Waals surface area (Å²) in [6.45, 7) is 2.40. The Morgan fingerprint density at radius 2 is 2.07 bits per heavy atom. The van der Waals surface area contributed by atoms with E-state index in [0.29, 0.717) is 22.8 Å². The van der Waals surface area contributed by atoms with E-state index in [0.717, 1.165) is 32.3 Å². The molecular formula is C21H16BrNO3S. The molecule has 0 aromatic heterocycles. The molecule has 1 heterocycles. The Morgan fingerprint density at radius 3 is 2.81 bits per heavy atom. The van der Waals surface area contributed by atoms with Gasteiger partial charge in [-0.1, -0.05) is 51.7 Å². The summed E-state index contributed by atoms with van der Waals surface area (Å²) in [4.78, 5) is 25.7. The zero-order valence-corrected chi connectivity index (χ0v) is 17.0. The van der Waals surface area contributed by atoms with E-state index < -0.39 is 0 Å². The monoisotopic (exact) mass is 441 g/mol. The molecule has 27 heavy (non-hydrogen) atoms. The van der Waals surface area contributed by atoms with Crippen molar-refractivity contribution in [2.24, 2.45) is 0 Å². The average Bonchev–Trinajstić information content (AvgIpc) is 2.89. The van der Waals surface area contributed by atoms with Crippen molar-refractivity contribution in [3.05, 3.63) is 68.5 Å². The largest absolute Gasteiger partial charge is 0.488 e. The third kappa shape index (κ3) is 4.62. The quantitative estimate of drug-likeness (QED) is 0.483. The molecule has 2 aromatic rings. The second kappa shape index (κ2) is 8.47. The fourth-order valence-electron chi connectivity index (χ4n) is 2.60. The van der Waals surface area contributed by atoms with Crippen LogP contribution in [0.4, 0.5) is 4.79 Å². The summed E-state index contributed by atoms with van der Waals surface area (Å²) in [6.07, 6.45) is 6.89. The first-order valence-corrected chi connectivity index (χ1v) is 9.75. The Bertz CT molecular complexity index is 978. The topological polar surface area (TPSA) is 46.6 Å². The van der Waals surface area contributed by atoms with E-state index in [1.807, 2.05) is 43.3 Å². The van der Waals surface area contributed by atoms with Crippen LogP contribution < -0.4 is 4.74 Å². The van der Waals surface area contributed by atoms with Crippen LogP contribution in [0.25, 0.3) is 6.08 Å². The number of amides is 2. The normalized spacial score (nSPS) is 15.3. The Balaban J connectivity index is 1.85. The highest BCUT2D eigenvalue weighted by atomic mass is 79.9. The molecule has 0 atom stereocenters. The molecule has 1 aliphatic rings. The number of benzene rings is 2. The number of terminal acetylenes is 1. The van der Waals surface area contributed by atoms with Gasteiger partial charge in [-0.3, -0.25) is 14.5 Å². The van der Waals surface area contributed by atoms with Crippen LogP contribution in [0.2, 0.25) is 0 Å². The number of nitrogens with zero attached hydrogens (tertiary/aromatic N) is 1. The van der Waals surface area contributed by atoms with E-state index in [4.69, 9.17) is 11.2 Å². The standard InChI is InChI=1S/C21H16BrNO3S/c1-3-9-23-20(24)19(27-21(23)25)12-16-11-17(22)7-8-18(16)26-13-15-6-4-5-14(2)10-15/h1,4-8,10-12H,9,13H2,2H3/b19-12-. The molecule has 136 valence electrons. The van der Waals surface area contributed by atoms with E-state index >= 15 is 0 Å². The second-order valence-electron chi connectivity index (χ2n) is 5.93. The van der Waals surface area contributed by atoms with E-state index in [1.54, 1.807) is 6.08 Å². The fraction of sp³-hybridized carbons (Fsp3) is 0.143. The average molecular weight is 442 g/mol. The van der Waals surface area contributed by atoms with Crippen LogP contribution in [0, 0.1) is 19.3 Å². The summed E-state index contributed by atoms with van der Waals surface area (Å²) in [6, 6.07) is 13.6. The predicted molar refractivity (Wildman–Crippen MR) is 111 cm³/mol. The molecule has 6 heteroatoms. The van der Waals surface area contributed by atoms with E-state index in [9.17, 15) is 9.59 Å². The lowest BCUT2D eigenvalue weighted by atomic mass is 10.1. The highest BCUT2D eigenvalue weighted by molar-refractivity contribution is 9.10. The number of carbonyl (C=O) groups excluding carboxylic acids is 2. The van der Waals surface area contributed by atoms with E-state index in [-0.39, 0.29) is 17.7 Å². The molecule has 3 rings (SSSR count). The number of aryl methyl sites for hydroxylation is 1. The van der Waals surface area contributed by atoms with Crippen molar-refractivity contribution in [2.75, 3.05) is 6.54 Å². The lowest BCUT2D eigenvalue weighted by Crippen LogP contribution is -2.28. The maximum absolute atomic E-state index is 12.4. The SMILES string of the molecule is C#CCN1C(=O)S/C(=C\c2cc(Br)ccc2OCc2cccc(C)c2)C1=O. The Morgan fingerprint density at radius 1 is 1.26 bits per heavy atom. The number of hydrogen-bond donors (Lipinski definition) is 0. The van der Waals surface area contributed by atoms with Gasteiger partial charge in [0.15, 0.2) is 0 Å². The summed E-state index contributed by atoms with van der Waals surface area (Å²) < 4.78 is 6.81. The van der Waals surface area contributed by atoms with Crippen molar-refractivity contribution >= 4 is 44.9 Å². The minimum absolute atomic E-state index is 0.0305. The van der Waals surface area contributed by atoms with Gasteiger partial charge in [0.2, 0.25) is 0 Å². The molecule has 1 fully saturated rings. The molecule has 0 N–H and O–H groups in total. The molecule has 1 aliphatic heterocycles. The number of halogens is 1. The van der Waals surface area contributed by atoms with Crippen molar-refractivity contribution in [1.29, 1.82) is 0 Å². The zero-order chi connectivity index (χ0) is 19.4. The Labute approximate surface area is 170 Å². The Kier molecular flexibility index (Phi) is 6.04. The lowest BCUT2D eigenvalue weighted by molar-refractivity contribution is -0.122. The number of carbonyl (C=O) groups is 2. The van der Waals surface area contributed by atoms with Gasteiger partial charge < -0.3 is 4.74 Å². The van der Waals surface area contributed by atoms with Gasteiger partial charge in [0, 0.05) is 10.0 Å². The van der Waals surface area contributed by atoms with Gasteiger partial charge in [-0.25, -0.2) is 0 Å². The van der Waals surface area contributed by atoms with Gasteiger partial charge in [-0.05, 0) is 48.5 Å². The molecule has 4 nitrogen and oxygen atoms in total. The summed E-state index contributed by atoms with van der Waals surface area (Å²) >= 11 is 4.31. The molecule has 0 radical (unpaired) electrons. The van der Waals surface area contributed by atoms with Crippen LogP contribution in [-0.2, 0) is 11.4 Å². The molecule has 0 bridgehead atoms. The number of imide groups is 1. The van der Waals surface area contributed by atoms with Crippen LogP contribution in [-0.4, -0.2) is 22.6 Å². The van der Waals surface area contributed by atoms with Gasteiger partial charge in [0.05, 0.1) is 11.4 Å². The van der Waals surface area contributed by atoms with Crippen LogP contribution >= 0.6 is 27.7 Å². The maximum Gasteiger partial charge on any atom is 0.294 e. The number of hydrogen-bond acceptors (Lipinski definition) is 4. The van der Waals surface area contributed by atoms with Crippen molar-refractivity contribution < 1.29 is 14.3 Å². The first kappa shape index (κ1) is 19.3. The van der Waals surface area contributed by atoms with Crippen LogP contribution in [0.5, 0.6) is 5.75 Å². The summed E-state index contributed by atoms with van der Waals surface area (Å²) in [5, 5.41) is -0.360. The van der Waals surface area contributed by atoms with Crippen LogP contribution in [0.3, 0.4) is 0 Å². The number of thioether (sulfide) groups is 1. The first-order valence-electron chi connectivity index (χ1n) is 8.14. The highest BCUT2D eigenvalue weighted by Crippen LogP contribution is 2.34. The van der Waals surface area contributed by atoms with Crippen molar-refractivity contribution in [3.8, 4) is 18.1 Å². The van der Waals surface area contributed by atoms with Crippen molar-refractivity contribution in [1.82, 2.24) is 4.90 Å². The van der Waals surface area contributed by atoms with Gasteiger partial charge in [-0.15, -0.1) is 6.42 Å². The summed E-state index contributed by atoms with van der Waals surface area (Å²) in [5.41, 5.74) is 2.93. The number of ether oxygens (including phenoxy) is 1. The lowest BCUT2D eigenvalue weighted by Gasteiger charge is -2.11. The molecule has 0 aliphatic carbocycles. The van der Waals surface area contributed by atoms with Gasteiger partial charge in [0.25, 0.3) is 11.1 Å². The maximum atomic E-state index is 12.4. The molecule has 0 unspecified atom stereocenters. The van der Waals surface area contributed by atoms with Crippen molar-refractivity contribution in [3.63, 3.8) is 0 Å². The zero-order valence-electron chi connectivity index (χ0n) is 14.6. The van der Waals surface area contributed by atoms with Gasteiger partial charge in [-0.2, -0.15) is 0 Å². The second-order valence-corrected chi connectivity index (χ2v) is 7.84. The predicted octanol–water partition coefficient (Wildman–Crippen LogP) is 5.01. The van der Waals surface area contributed by atoms with Gasteiger partial charge in [0.1, 0.15) is 12.4 Å². The third-order valence-electron chi connectivity index (χ3n) is 3.86. The third-order valence-corrected chi connectivity index (χ3v) is 5.26. The number of rotatable bonds is 5. The van der Waals surface area contributed by atoms with Crippen LogP contribution in [0.1, 0.15) is 16.7 Å². The first-order chi connectivity index (χ1) is 13.0. The van der Waals surface area contributed by atoms with Crippen LogP contribution in [0.15, 0.2) is 51.8 Å². The highest BCUT2D eigenvalue weighted by Gasteiger charge is 2.34. The molecule has 0 saturated carbocycles. The minimum Gasteiger partial charge on any atom is -0.488 e. The molecule has 0 spiro atoms. The molecule has 2 aromatic carbocycles.